The van der Waals surface area contributed by atoms with E-state index in [0.717, 1.165) is 25.5 Å². The predicted molar refractivity (Wildman–Crippen MR) is 36.5 cm³/mol. The van der Waals surface area contributed by atoms with Crippen LogP contribution in [0.15, 0.2) is 0 Å². The number of amides is 1. The standard InChI is InChI=1S/C7H11NO2/c1-6-2-3-7(4-9)8(6)5-10/h4-7H,2-3H2,1H3/t6-,7+/m1/s1. The molecule has 0 N–H and O–H groups in total. The Morgan fingerprint density at radius 1 is 1.40 bits per heavy atom. The van der Waals surface area contributed by atoms with Crippen molar-refractivity contribution < 1.29 is 9.59 Å². The van der Waals surface area contributed by atoms with Crippen LogP contribution in [0.3, 0.4) is 0 Å². The van der Waals surface area contributed by atoms with Gasteiger partial charge in [0.15, 0.2) is 0 Å². The third-order valence-corrected chi connectivity index (χ3v) is 2.05. The zero-order chi connectivity index (χ0) is 7.56. The van der Waals surface area contributed by atoms with Gasteiger partial charge in [-0.25, -0.2) is 0 Å². The molecule has 0 bridgehead atoms. The van der Waals surface area contributed by atoms with Crippen LogP contribution in [-0.4, -0.2) is 29.7 Å². The maximum Gasteiger partial charge on any atom is 0.210 e. The van der Waals surface area contributed by atoms with Crippen LogP contribution in [0, 0.1) is 0 Å². The van der Waals surface area contributed by atoms with E-state index in [1.165, 1.54) is 0 Å². The van der Waals surface area contributed by atoms with Gasteiger partial charge in [-0.3, -0.25) is 4.79 Å². The van der Waals surface area contributed by atoms with Crippen molar-refractivity contribution in [1.29, 1.82) is 0 Å². The fraction of sp³-hybridized carbons (Fsp3) is 0.714. The van der Waals surface area contributed by atoms with Crippen LogP contribution in [0.25, 0.3) is 0 Å². The molecule has 0 aromatic rings. The quantitative estimate of drug-likeness (QED) is 0.515. The maximum absolute atomic E-state index is 10.4. The van der Waals surface area contributed by atoms with E-state index in [9.17, 15) is 9.59 Å². The van der Waals surface area contributed by atoms with E-state index in [1.807, 2.05) is 6.92 Å². The largest absolute Gasteiger partial charge is 0.333 e. The minimum atomic E-state index is -0.160. The molecule has 1 aliphatic rings. The average Bonchev–Trinajstić information content (AvgIpc) is 2.30. The fourth-order valence-electron chi connectivity index (χ4n) is 1.36. The van der Waals surface area contributed by atoms with Gasteiger partial charge in [0.2, 0.25) is 6.41 Å². The van der Waals surface area contributed by atoms with Crippen molar-refractivity contribution in [3.8, 4) is 0 Å². The molecule has 0 aromatic heterocycles. The van der Waals surface area contributed by atoms with Crippen molar-refractivity contribution in [3.05, 3.63) is 0 Å². The smallest absolute Gasteiger partial charge is 0.210 e. The Labute approximate surface area is 60.0 Å². The summed E-state index contributed by atoms with van der Waals surface area (Å²) in [6, 6.07) is 0.0835. The van der Waals surface area contributed by atoms with Crippen LogP contribution in [-0.2, 0) is 9.59 Å². The molecule has 1 amide bonds. The molecule has 1 fully saturated rings. The summed E-state index contributed by atoms with van der Waals surface area (Å²) in [5.41, 5.74) is 0. The Balaban J connectivity index is 2.61. The highest BCUT2D eigenvalue weighted by Gasteiger charge is 2.28. The van der Waals surface area contributed by atoms with Crippen molar-refractivity contribution >= 4 is 12.7 Å². The van der Waals surface area contributed by atoms with Gasteiger partial charge >= 0.3 is 0 Å². The SMILES string of the molecule is C[C@@H]1CC[C@@H](C=O)N1C=O. The molecule has 10 heavy (non-hydrogen) atoms. The highest BCUT2D eigenvalue weighted by molar-refractivity contribution is 5.65. The van der Waals surface area contributed by atoms with Gasteiger partial charge in [0, 0.05) is 6.04 Å². The lowest BCUT2D eigenvalue weighted by molar-refractivity contribution is -0.125. The number of carbonyl (C=O) groups excluding carboxylic acids is 2. The summed E-state index contributed by atoms with van der Waals surface area (Å²) in [5, 5.41) is 0. The highest BCUT2D eigenvalue weighted by atomic mass is 16.1. The number of hydrogen-bond donors (Lipinski definition) is 0. The monoisotopic (exact) mass is 141 g/mol. The maximum atomic E-state index is 10.4. The second-order valence-corrected chi connectivity index (χ2v) is 2.68. The second-order valence-electron chi connectivity index (χ2n) is 2.68. The number of aldehydes is 1. The van der Waals surface area contributed by atoms with Gasteiger partial charge in [-0.1, -0.05) is 0 Å². The van der Waals surface area contributed by atoms with E-state index in [1.54, 1.807) is 4.90 Å². The minimum Gasteiger partial charge on any atom is -0.333 e. The molecule has 2 atom stereocenters. The molecule has 1 aliphatic heterocycles. The van der Waals surface area contributed by atoms with Gasteiger partial charge in [-0.15, -0.1) is 0 Å². The van der Waals surface area contributed by atoms with Crippen molar-refractivity contribution in [3.63, 3.8) is 0 Å². The topological polar surface area (TPSA) is 37.4 Å². The lowest BCUT2D eigenvalue weighted by Crippen LogP contribution is -2.33. The first-order chi connectivity index (χ1) is 4.79. The third-order valence-electron chi connectivity index (χ3n) is 2.05. The third kappa shape index (κ3) is 1.03. The number of likely N-dealkylation sites (tertiary alicyclic amines) is 1. The van der Waals surface area contributed by atoms with Crippen LogP contribution >= 0.6 is 0 Å². The Morgan fingerprint density at radius 3 is 2.50 bits per heavy atom. The molecule has 3 heteroatoms. The van der Waals surface area contributed by atoms with Crippen molar-refractivity contribution in [2.45, 2.75) is 31.8 Å². The normalized spacial score (nSPS) is 32.3. The molecule has 3 nitrogen and oxygen atoms in total. The summed E-state index contributed by atoms with van der Waals surface area (Å²) in [4.78, 5) is 22.3. The molecule has 0 spiro atoms. The van der Waals surface area contributed by atoms with E-state index in [-0.39, 0.29) is 12.1 Å². The van der Waals surface area contributed by atoms with Gasteiger partial charge in [-0.2, -0.15) is 0 Å². The van der Waals surface area contributed by atoms with Gasteiger partial charge < -0.3 is 9.69 Å². The molecule has 0 aromatic carbocycles. The van der Waals surface area contributed by atoms with Gasteiger partial charge in [-0.05, 0) is 19.8 Å². The first kappa shape index (κ1) is 7.25. The van der Waals surface area contributed by atoms with Crippen LogP contribution < -0.4 is 0 Å². The van der Waals surface area contributed by atoms with E-state index in [4.69, 9.17) is 0 Å². The zero-order valence-electron chi connectivity index (χ0n) is 5.99. The van der Waals surface area contributed by atoms with Crippen molar-refractivity contribution in [1.82, 2.24) is 4.90 Å². The van der Waals surface area contributed by atoms with E-state index in [2.05, 4.69) is 0 Å². The Kier molecular flexibility index (Phi) is 2.04. The molecule has 1 heterocycles. The lowest BCUT2D eigenvalue weighted by atomic mass is 10.2. The summed E-state index contributed by atoms with van der Waals surface area (Å²) < 4.78 is 0. The Hall–Kier alpha value is -0.860. The van der Waals surface area contributed by atoms with E-state index in [0.29, 0.717) is 0 Å². The van der Waals surface area contributed by atoms with Crippen molar-refractivity contribution in [2.24, 2.45) is 0 Å². The Bertz CT molecular complexity index is 147. The molecule has 0 aliphatic carbocycles. The number of nitrogens with zero attached hydrogens (tertiary/aromatic N) is 1. The van der Waals surface area contributed by atoms with Crippen LogP contribution in [0.1, 0.15) is 19.8 Å². The summed E-state index contributed by atoms with van der Waals surface area (Å²) >= 11 is 0. The van der Waals surface area contributed by atoms with Crippen LogP contribution in [0.4, 0.5) is 0 Å². The average molecular weight is 141 g/mol. The summed E-state index contributed by atoms with van der Waals surface area (Å²) in [6.07, 6.45) is 3.38. The molecular formula is C7H11NO2. The van der Waals surface area contributed by atoms with Crippen LogP contribution in [0.2, 0.25) is 0 Å². The number of rotatable bonds is 2. The van der Waals surface area contributed by atoms with E-state index < -0.39 is 0 Å². The minimum absolute atomic E-state index is 0.160. The van der Waals surface area contributed by atoms with Gasteiger partial charge in [0.05, 0.1) is 6.04 Å². The van der Waals surface area contributed by atoms with Gasteiger partial charge in [0.25, 0.3) is 0 Å². The van der Waals surface area contributed by atoms with E-state index >= 15 is 0 Å². The number of carbonyl (C=O) groups is 2. The molecule has 0 unspecified atom stereocenters. The van der Waals surface area contributed by atoms with Crippen molar-refractivity contribution in [2.75, 3.05) is 0 Å². The van der Waals surface area contributed by atoms with Gasteiger partial charge in [0.1, 0.15) is 6.29 Å². The fourth-order valence-corrected chi connectivity index (χ4v) is 1.36. The lowest BCUT2D eigenvalue weighted by Gasteiger charge is -2.18. The summed E-state index contributed by atoms with van der Waals surface area (Å²) in [5.74, 6) is 0. The zero-order valence-corrected chi connectivity index (χ0v) is 5.99. The molecule has 56 valence electrons. The van der Waals surface area contributed by atoms with Crippen LogP contribution in [0.5, 0.6) is 0 Å². The molecular weight excluding hydrogens is 130 g/mol. The molecule has 0 radical (unpaired) electrons. The highest BCUT2D eigenvalue weighted by Crippen LogP contribution is 2.19. The molecule has 0 saturated carbocycles. The predicted octanol–water partition coefficient (Wildman–Crippen LogP) is 0.195. The second kappa shape index (κ2) is 2.82. The molecule has 1 saturated heterocycles. The molecule has 1 rings (SSSR count). The Morgan fingerprint density at radius 2 is 2.10 bits per heavy atom. The number of hydrogen-bond acceptors (Lipinski definition) is 2. The first-order valence-electron chi connectivity index (χ1n) is 3.47. The first-order valence-corrected chi connectivity index (χ1v) is 3.47. The summed E-state index contributed by atoms with van der Waals surface area (Å²) in [6.45, 7) is 1.96. The summed E-state index contributed by atoms with van der Waals surface area (Å²) in [7, 11) is 0.